The van der Waals surface area contributed by atoms with Crippen LogP contribution in [0.3, 0.4) is 0 Å². The second-order valence-corrected chi connectivity index (χ2v) is 3.14. The Morgan fingerprint density at radius 3 is 2.71 bits per heavy atom. The second kappa shape index (κ2) is 4.26. The normalized spacial score (nSPS) is 10.1. The van der Waals surface area contributed by atoms with E-state index in [2.05, 4.69) is 0 Å². The lowest BCUT2D eigenvalue weighted by Crippen LogP contribution is -1.99. The molecule has 1 aromatic rings. The molecule has 0 saturated heterocycles. The summed E-state index contributed by atoms with van der Waals surface area (Å²) < 4.78 is 0. The molecular weight excluding hydrogens is 208 g/mol. The predicted octanol–water partition coefficient (Wildman–Crippen LogP) is 1.37. The molecule has 1 rings (SSSR count). The number of nitro benzene ring substituents is 1. The van der Waals surface area contributed by atoms with Crippen molar-refractivity contribution in [3.8, 4) is 0 Å². The minimum atomic E-state index is -0.593. The Kier molecular flexibility index (Phi) is 3.27. The third-order valence-corrected chi connectivity index (χ3v) is 2.13. The fourth-order valence-electron chi connectivity index (χ4n) is 1.10. The Bertz CT molecular complexity index is 368. The number of hydrogen-bond acceptors (Lipinski definition) is 4. The molecule has 0 aliphatic rings. The highest BCUT2D eigenvalue weighted by molar-refractivity contribution is 6.31. The van der Waals surface area contributed by atoms with E-state index in [-0.39, 0.29) is 23.0 Å². The number of aliphatic hydroxyl groups excluding tert-OH is 1. The van der Waals surface area contributed by atoms with Crippen molar-refractivity contribution < 1.29 is 10.0 Å². The number of nitro groups is 1. The van der Waals surface area contributed by atoms with Crippen LogP contribution in [0.2, 0.25) is 5.02 Å². The van der Waals surface area contributed by atoms with Crippen LogP contribution in [0.25, 0.3) is 0 Å². The van der Waals surface area contributed by atoms with Crippen LogP contribution in [0.1, 0.15) is 5.56 Å². The lowest BCUT2D eigenvalue weighted by atomic mass is 10.1. The molecule has 0 unspecified atom stereocenters. The minimum Gasteiger partial charge on any atom is -0.396 e. The maximum atomic E-state index is 10.5. The summed E-state index contributed by atoms with van der Waals surface area (Å²) >= 11 is 5.75. The first-order chi connectivity index (χ1) is 6.56. The van der Waals surface area contributed by atoms with Crippen LogP contribution in [0.4, 0.5) is 11.4 Å². The Morgan fingerprint density at radius 1 is 1.57 bits per heavy atom. The highest BCUT2D eigenvalue weighted by Gasteiger charge is 2.14. The van der Waals surface area contributed by atoms with Gasteiger partial charge in [0.25, 0.3) is 5.69 Å². The average Bonchev–Trinajstić information content (AvgIpc) is 2.10. The number of nitrogens with zero attached hydrogens (tertiary/aromatic N) is 1. The van der Waals surface area contributed by atoms with Crippen molar-refractivity contribution in [2.24, 2.45) is 0 Å². The minimum absolute atomic E-state index is 0.0582. The van der Waals surface area contributed by atoms with Crippen LogP contribution < -0.4 is 5.73 Å². The summed E-state index contributed by atoms with van der Waals surface area (Å²) in [6.07, 6.45) is 0.334. The maximum Gasteiger partial charge on any atom is 0.293 e. The van der Waals surface area contributed by atoms with Crippen molar-refractivity contribution in [3.63, 3.8) is 0 Å². The van der Waals surface area contributed by atoms with Gasteiger partial charge >= 0.3 is 0 Å². The van der Waals surface area contributed by atoms with Gasteiger partial charge < -0.3 is 10.8 Å². The van der Waals surface area contributed by atoms with E-state index < -0.39 is 4.92 Å². The number of aliphatic hydroxyl groups is 1. The van der Waals surface area contributed by atoms with Gasteiger partial charge in [-0.3, -0.25) is 10.1 Å². The summed E-state index contributed by atoms with van der Waals surface area (Å²) in [5.41, 5.74) is 5.89. The Morgan fingerprint density at radius 2 is 2.21 bits per heavy atom. The first-order valence-electron chi connectivity index (χ1n) is 3.89. The van der Waals surface area contributed by atoms with Crippen LogP contribution in [0.5, 0.6) is 0 Å². The van der Waals surface area contributed by atoms with Gasteiger partial charge in [0.1, 0.15) is 5.69 Å². The molecule has 0 radical (unpaired) electrons. The van der Waals surface area contributed by atoms with Crippen molar-refractivity contribution in [1.82, 2.24) is 0 Å². The third kappa shape index (κ3) is 2.12. The van der Waals surface area contributed by atoms with Gasteiger partial charge in [0, 0.05) is 12.7 Å². The highest BCUT2D eigenvalue weighted by Crippen LogP contribution is 2.29. The van der Waals surface area contributed by atoms with Crippen molar-refractivity contribution in [2.45, 2.75) is 6.42 Å². The summed E-state index contributed by atoms with van der Waals surface area (Å²) in [4.78, 5) is 9.87. The Hall–Kier alpha value is -1.33. The molecule has 0 bridgehead atoms. The molecule has 0 atom stereocenters. The molecule has 0 saturated carbocycles. The fourth-order valence-corrected chi connectivity index (χ4v) is 1.35. The van der Waals surface area contributed by atoms with Crippen LogP contribution in [0, 0.1) is 10.1 Å². The zero-order valence-corrected chi connectivity index (χ0v) is 7.99. The van der Waals surface area contributed by atoms with Crippen molar-refractivity contribution >= 4 is 23.0 Å². The summed E-state index contributed by atoms with van der Waals surface area (Å²) in [6.45, 7) is -0.0724. The van der Waals surface area contributed by atoms with Crippen molar-refractivity contribution in [2.75, 3.05) is 12.3 Å². The molecule has 0 spiro atoms. The number of benzene rings is 1. The number of anilines is 1. The Balaban J connectivity index is 3.17. The van der Waals surface area contributed by atoms with Crippen molar-refractivity contribution in [1.29, 1.82) is 0 Å². The van der Waals surface area contributed by atoms with Gasteiger partial charge in [0.2, 0.25) is 0 Å². The first kappa shape index (κ1) is 10.7. The molecule has 0 heterocycles. The Labute approximate surface area is 85.3 Å². The summed E-state index contributed by atoms with van der Waals surface area (Å²) in [5, 5.41) is 19.4. The molecule has 0 aliphatic carbocycles. The second-order valence-electron chi connectivity index (χ2n) is 2.73. The van der Waals surface area contributed by atoms with Gasteiger partial charge in [-0.15, -0.1) is 0 Å². The quantitative estimate of drug-likeness (QED) is 0.454. The SMILES string of the molecule is Nc1cc(CCO)c(Cl)cc1[N+](=O)[O-]. The molecule has 6 heteroatoms. The van der Waals surface area contributed by atoms with E-state index in [0.29, 0.717) is 12.0 Å². The van der Waals surface area contributed by atoms with Crippen LogP contribution in [0.15, 0.2) is 12.1 Å². The van der Waals surface area contributed by atoms with Gasteiger partial charge in [0.15, 0.2) is 0 Å². The zero-order chi connectivity index (χ0) is 10.7. The fraction of sp³-hybridized carbons (Fsp3) is 0.250. The largest absolute Gasteiger partial charge is 0.396 e. The van der Waals surface area contributed by atoms with E-state index >= 15 is 0 Å². The molecule has 0 amide bonds. The smallest absolute Gasteiger partial charge is 0.293 e. The van der Waals surface area contributed by atoms with Gasteiger partial charge in [-0.1, -0.05) is 11.6 Å². The summed E-state index contributed by atoms with van der Waals surface area (Å²) in [6, 6.07) is 2.61. The van der Waals surface area contributed by atoms with Crippen molar-refractivity contribution in [3.05, 3.63) is 32.8 Å². The van der Waals surface area contributed by atoms with E-state index in [1.165, 1.54) is 12.1 Å². The van der Waals surface area contributed by atoms with E-state index in [1.807, 2.05) is 0 Å². The lowest BCUT2D eigenvalue weighted by molar-refractivity contribution is -0.383. The van der Waals surface area contributed by atoms with Gasteiger partial charge in [-0.2, -0.15) is 0 Å². The van der Waals surface area contributed by atoms with E-state index in [9.17, 15) is 10.1 Å². The summed E-state index contributed by atoms with van der Waals surface area (Å²) in [5.74, 6) is 0. The maximum absolute atomic E-state index is 10.5. The number of rotatable bonds is 3. The van der Waals surface area contributed by atoms with E-state index in [4.69, 9.17) is 22.4 Å². The molecule has 5 nitrogen and oxygen atoms in total. The standard InChI is InChI=1S/C8H9ClN2O3/c9-6-4-8(11(13)14)7(10)3-5(6)1-2-12/h3-4,12H,1-2,10H2. The number of halogens is 1. The van der Waals surface area contributed by atoms with E-state index in [0.717, 1.165) is 0 Å². The number of hydrogen-bond donors (Lipinski definition) is 2. The lowest BCUT2D eigenvalue weighted by Gasteiger charge is -2.04. The van der Waals surface area contributed by atoms with Crippen LogP contribution >= 0.6 is 11.6 Å². The topological polar surface area (TPSA) is 89.4 Å². The molecule has 0 aromatic heterocycles. The number of nitrogen functional groups attached to an aromatic ring is 1. The van der Waals surface area contributed by atoms with Gasteiger partial charge in [-0.05, 0) is 18.1 Å². The molecule has 0 aliphatic heterocycles. The molecule has 76 valence electrons. The highest BCUT2D eigenvalue weighted by atomic mass is 35.5. The van der Waals surface area contributed by atoms with E-state index in [1.54, 1.807) is 0 Å². The molecular formula is C8H9ClN2O3. The molecule has 3 N–H and O–H groups in total. The third-order valence-electron chi connectivity index (χ3n) is 1.77. The average molecular weight is 217 g/mol. The van der Waals surface area contributed by atoms with Gasteiger partial charge in [-0.25, -0.2) is 0 Å². The first-order valence-corrected chi connectivity index (χ1v) is 4.27. The molecule has 1 aromatic carbocycles. The molecule has 14 heavy (non-hydrogen) atoms. The summed E-state index contributed by atoms with van der Waals surface area (Å²) in [7, 11) is 0. The monoisotopic (exact) mass is 216 g/mol. The van der Waals surface area contributed by atoms with Gasteiger partial charge in [0.05, 0.1) is 9.95 Å². The van der Waals surface area contributed by atoms with Crippen LogP contribution in [-0.2, 0) is 6.42 Å². The predicted molar refractivity (Wildman–Crippen MR) is 53.3 cm³/mol. The van der Waals surface area contributed by atoms with Crippen LogP contribution in [-0.4, -0.2) is 16.6 Å². The number of nitrogens with two attached hydrogens (primary N) is 1. The zero-order valence-electron chi connectivity index (χ0n) is 7.24. The molecule has 0 fully saturated rings.